The van der Waals surface area contributed by atoms with Gasteiger partial charge in [-0.1, -0.05) is 25.1 Å². The summed E-state index contributed by atoms with van der Waals surface area (Å²) in [5.41, 5.74) is 1.52. The van der Waals surface area contributed by atoms with Crippen LogP contribution in [0.25, 0.3) is 0 Å². The Bertz CT molecular complexity index is 486. The van der Waals surface area contributed by atoms with E-state index in [9.17, 15) is 9.59 Å². The van der Waals surface area contributed by atoms with E-state index in [1.165, 1.54) is 4.90 Å². The average Bonchev–Trinajstić information content (AvgIpc) is 2.46. The lowest BCUT2D eigenvalue weighted by atomic mass is 10.0. The first-order valence-electron chi connectivity index (χ1n) is 6.34. The Morgan fingerprint density at radius 3 is 2.84 bits per heavy atom. The quantitative estimate of drug-likeness (QED) is 0.889. The highest BCUT2D eigenvalue weighted by Gasteiger charge is 2.33. The van der Waals surface area contributed by atoms with Crippen molar-refractivity contribution in [3.63, 3.8) is 0 Å². The highest BCUT2D eigenvalue weighted by atomic mass is 16.5. The molecule has 1 fully saturated rings. The molecular weight excluding hydrogens is 246 g/mol. The fourth-order valence-electron chi connectivity index (χ4n) is 2.24. The molecule has 1 saturated heterocycles. The zero-order valence-corrected chi connectivity index (χ0v) is 10.8. The fraction of sp³-hybridized carbons (Fsp3) is 0.429. The normalized spacial score (nSPS) is 19.2. The zero-order chi connectivity index (χ0) is 13.8. The first-order valence-corrected chi connectivity index (χ1v) is 6.34. The maximum atomic E-state index is 12.5. The minimum atomic E-state index is -1.03. The molecule has 19 heavy (non-hydrogen) atoms. The van der Waals surface area contributed by atoms with Gasteiger partial charge in [-0.05, 0) is 18.1 Å². The Hall–Kier alpha value is -1.88. The summed E-state index contributed by atoms with van der Waals surface area (Å²) in [5.74, 6) is -1.25. The Morgan fingerprint density at radius 1 is 1.42 bits per heavy atom. The van der Waals surface area contributed by atoms with Crippen LogP contribution in [0.15, 0.2) is 24.3 Å². The van der Waals surface area contributed by atoms with Gasteiger partial charge in [-0.15, -0.1) is 0 Å². The maximum absolute atomic E-state index is 12.5. The number of carboxylic acids is 1. The first kappa shape index (κ1) is 13.5. The Kier molecular flexibility index (Phi) is 4.16. The van der Waals surface area contributed by atoms with Crippen molar-refractivity contribution in [2.24, 2.45) is 0 Å². The van der Waals surface area contributed by atoms with E-state index in [0.29, 0.717) is 18.7 Å². The number of hydrogen-bond donors (Lipinski definition) is 1. The highest BCUT2D eigenvalue weighted by Crippen LogP contribution is 2.16. The van der Waals surface area contributed by atoms with Crippen LogP contribution in [0.1, 0.15) is 22.8 Å². The van der Waals surface area contributed by atoms with Crippen molar-refractivity contribution in [2.45, 2.75) is 19.4 Å². The molecule has 0 saturated carbocycles. The van der Waals surface area contributed by atoms with Crippen LogP contribution in [0.3, 0.4) is 0 Å². The molecule has 1 heterocycles. The van der Waals surface area contributed by atoms with Crippen LogP contribution in [0.2, 0.25) is 0 Å². The minimum absolute atomic E-state index is 0.0510. The predicted octanol–water partition coefficient (Wildman–Crippen LogP) is 1.17. The SMILES string of the molecule is CCc1ccccc1C(=O)N1CCOCC1C(=O)O. The molecule has 1 N–H and O–H groups in total. The number of morpholine rings is 1. The molecule has 0 bridgehead atoms. The molecule has 1 aromatic rings. The summed E-state index contributed by atoms with van der Waals surface area (Å²) in [7, 11) is 0. The van der Waals surface area contributed by atoms with Crippen LogP contribution in [-0.4, -0.2) is 47.7 Å². The van der Waals surface area contributed by atoms with Crippen LogP contribution in [0.5, 0.6) is 0 Å². The topological polar surface area (TPSA) is 66.8 Å². The number of benzene rings is 1. The molecule has 1 unspecified atom stereocenters. The van der Waals surface area contributed by atoms with Gasteiger partial charge in [0.2, 0.25) is 0 Å². The number of carboxylic acid groups (broad SMARTS) is 1. The average molecular weight is 263 g/mol. The van der Waals surface area contributed by atoms with E-state index >= 15 is 0 Å². The number of hydrogen-bond acceptors (Lipinski definition) is 3. The molecule has 0 radical (unpaired) electrons. The minimum Gasteiger partial charge on any atom is -0.480 e. The predicted molar refractivity (Wildman–Crippen MR) is 69.1 cm³/mol. The molecule has 2 rings (SSSR count). The maximum Gasteiger partial charge on any atom is 0.328 e. The molecule has 102 valence electrons. The molecule has 1 aliphatic heterocycles. The summed E-state index contributed by atoms with van der Waals surface area (Å²) in [6, 6.07) is 6.41. The second-order valence-corrected chi connectivity index (χ2v) is 4.44. The molecule has 0 spiro atoms. The second-order valence-electron chi connectivity index (χ2n) is 4.44. The molecule has 0 aliphatic carbocycles. The molecule has 5 heteroatoms. The Morgan fingerprint density at radius 2 is 2.16 bits per heavy atom. The van der Waals surface area contributed by atoms with Crippen LogP contribution in [-0.2, 0) is 16.0 Å². The Labute approximate surface area is 111 Å². The summed E-state index contributed by atoms with van der Waals surface area (Å²) >= 11 is 0. The van der Waals surface area contributed by atoms with Gasteiger partial charge in [-0.25, -0.2) is 4.79 Å². The first-order chi connectivity index (χ1) is 9.15. The van der Waals surface area contributed by atoms with Gasteiger partial charge in [0.15, 0.2) is 6.04 Å². The number of aliphatic carboxylic acids is 1. The standard InChI is InChI=1S/C14H17NO4/c1-2-10-5-3-4-6-11(10)13(16)15-7-8-19-9-12(15)14(17)18/h3-6,12H,2,7-9H2,1H3,(H,17,18). The largest absolute Gasteiger partial charge is 0.480 e. The summed E-state index contributed by atoms with van der Waals surface area (Å²) in [5, 5.41) is 9.16. The number of aryl methyl sites for hydroxylation is 1. The number of amides is 1. The third-order valence-corrected chi connectivity index (χ3v) is 3.30. The lowest BCUT2D eigenvalue weighted by Gasteiger charge is -2.33. The summed E-state index contributed by atoms with van der Waals surface area (Å²) in [6.45, 7) is 2.72. The van der Waals surface area contributed by atoms with Crippen molar-refractivity contribution >= 4 is 11.9 Å². The molecule has 1 atom stereocenters. The van der Waals surface area contributed by atoms with Crippen molar-refractivity contribution in [3.05, 3.63) is 35.4 Å². The van der Waals surface area contributed by atoms with Gasteiger partial charge in [-0.3, -0.25) is 4.79 Å². The molecule has 0 aromatic heterocycles. The number of nitrogens with zero attached hydrogens (tertiary/aromatic N) is 1. The number of ether oxygens (including phenoxy) is 1. The summed E-state index contributed by atoms with van der Waals surface area (Å²) < 4.78 is 5.14. The van der Waals surface area contributed by atoms with Crippen molar-refractivity contribution < 1.29 is 19.4 Å². The molecule has 1 amide bonds. The van der Waals surface area contributed by atoms with E-state index in [2.05, 4.69) is 0 Å². The van der Waals surface area contributed by atoms with Crippen molar-refractivity contribution in [2.75, 3.05) is 19.8 Å². The molecular formula is C14H17NO4. The van der Waals surface area contributed by atoms with Gasteiger partial charge in [0.25, 0.3) is 5.91 Å². The summed E-state index contributed by atoms with van der Waals surface area (Å²) in [4.78, 5) is 25.1. The van der Waals surface area contributed by atoms with Gasteiger partial charge in [0, 0.05) is 12.1 Å². The van der Waals surface area contributed by atoms with Gasteiger partial charge >= 0.3 is 5.97 Å². The van der Waals surface area contributed by atoms with Gasteiger partial charge in [0.1, 0.15) is 0 Å². The fourth-order valence-corrected chi connectivity index (χ4v) is 2.24. The van der Waals surface area contributed by atoms with Crippen LogP contribution >= 0.6 is 0 Å². The van der Waals surface area contributed by atoms with Crippen LogP contribution in [0.4, 0.5) is 0 Å². The number of rotatable bonds is 3. The van der Waals surface area contributed by atoms with Gasteiger partial charge in [0.05, 0.1) is 13.2 Å². The molecule has 1 aromatic carbocycles. The smallest absolute Gasteiger partial charge is 0.328 e. The van der Waals surface area contributed by atoms with Gasteiger partial charge in [-0.2, -0.15) is 0 Å². The number of carbonyl (C=O) groups excluding carboxylic acids is 1. The van der Waals surface area contributed by atoms with E-state index in [4.69, 9.17) is 9.84 Å². The zero-order valence-electron chi connectivity index (χ0n) is 10.8. The monoisotopic (exact) mass is 263 g/mol. The van der Waals surface area contributed by atoms with E-state index < -0.39 is 12.0 Å². The third-order valence-electron chi connectivity index (χ3n) is 3.30. The van der Waals surface area contributed by atoms with Crippen molar-refractivity contribution in [1.29, 1.82) is 0 Å². The Balaban J connectivity index is 2.29. The van der Waals surface area contributed by atoms with E-state index in [-0.39, 0.29) is 12.5 Å². The third kappa shape index (κ3) is 2.76. The number of carbonyl (C=O) groups is 2. The van der Waals surface area contributed by atoms with E-state index in [0.717, 1.165) is 12.0 Å². The molecule has 5 nitrogen and oxygen atoms in total. The molecule has 1 aliphatic rings. The van der Waals surface area contributed by atoms with E-state index in [1.807, 2.05) is 19.1 Å². The van der Waals surface area contributed by atoms with Gasteiger partial charge < -0.3 is 14.7 Å². The van der Waals surface area contributed by atoms with Crippen LogP contribution < -0.4 is 0 Å². The van der Waals surface area contributed by atoms with Crippen LogP contribution in [0, 0.1) is 0 Å². The lowest BCUT2D eigenvalue weighted by Crippen LogP contribution is -2.52. The van der Waals surface area contributed by atoms with Crippen molar-refractivity contribution in [3.8, 4) is 0 Å². The summed E-state index contributed by atoms with van der Waals surface area (Å²) in [6.07, 6.45) is 0.740. The second kappa shape index (κ2) is 5.84. The lowest BCUT2D eigenvalue weighted by molar-refractivity contribution is -0.147. The van der Waals surface area contributed by atoms with Crippen molar-refractivity contribution in [1.82, 2.24) is 4.90 Å². The highest BCUT2D eigenvalue weighted by molar-refractivity contribution is 5.98. The van der Waals surface area contributed by atoms with E-state index in [1.54, 1.807) is 12.1 Å².